The lowest BCUT2D eigenvalue weighted by molar-refractivity contribution is -0.127. The molecule has 1 aliphatic rings. The van der Waals surface area contributed by atoms with Gasteiger partial charge in [-0.1, -0.05) is 48.5 Å². The first-order valence-electron chi connectivity index (χ1n) is 9.33. The number of nitrogens with zero attached hydrogens (tertiary/aromatic N) is 3. The van der Waals surface area contributed by atoms with Crippen LogP contribution < -0.4 is 5.32 Å². The van der Waals surface area contributed by atoms with Crippen molar-refractivity contribution in [2.24, 2.45) is 0 Å². The number of hydrogen-bond donors (Lipinski definition) is 1. The molecule has 1 amide bonds. The summed E-state index contributed by atoms with van der Waals surface area (Å²) in [5.41, 5.74) is 4.84. The molecule has 0 saturated carbocycles. The summed E-state index contributed by atoms with van der Waals surface area (Å²) in [5, 5.41) is 8.36. The maximum absolute atomic E-state index is 13.1. The average molecular weight is 391 g/mol. The Morgan fingerprint density at radius 2 is 1.68 bits per heavy atom. The van der Waals surface area contributed by atoms with E-state index in [0.717, 1.165) is 29.1 Å². The Kier molecular flexibility index (Phi) is 4.96. The van der Waals surface area contributed by atoms with Gasteiger partial charge in [0, 0.05) is 17.8 Å². The van der Waals surface area contributed by atoms with Gasteiger partial charge in [0.2, 0.25) is 0 Å². The number of aryl methyl sites for hydroxylation is 1. The number of para-hydroxylation sites is 1. The number of thiocarbonyl (C=S) groups is 1. The van der Waals surface area contributed by atoms with Crippen molar-refractivity contribution in [1.82, 2.24) is 20.0 Å². The summed E-state index contributed by atoms with van der Waals surface area (Å²) in [7, 11) is 0. The van der Waals surface area contributed by atoms with Crippen LogP contribution in [0.1, 0.15) is 28.6 Å². The number of carbonyl (C=O) groups is 1. The fraction of sp³-hybridized carbons (Fsp3) is 0.227. The third-order valence-electron chi connectivity index (χ3n) is 5.13. The van der Waals surface area contributed by atoms with E-state index in [9.17, 15) is 4.79 Å². The topological polar surface area (TPSA) is 50.2 Å². The van der Waals surface area contributed by atoms with Crippen molar-refractivity contribution in [3.8, 4) is 5.69 Å². The van der Waals surface area contributed by atoms with Crippen LogP contribution in [0.2, 0.25) is 0 Å². The van der Waals surface area contributed by atoms with Gasteiger partial charge in [0.15, 0.2) is 5.11 Å². The molecule has 1 fully saturated rings. The summed E-state index contributed by atoms with van der Waals surface area (Å²) in [6.07, 6.45) is 0.766. The monoisotopic (exact) mass is 390 g/mol. The Morgan fingerprint density at radius 1 is 1.04 bits per heavy atom. The minimum Gasteiger partial charge on any atom is -0.347 e. The first-order valence-corrected chi connectivity index (χ1v) is 9.74. The zero-order chi connectivity index (χ0) is 19.7. The van der Waals surface area contributed by atoms with Gasteiger partial charge >= 0.3 is 0 Å². The highest BCUT2D eigenvalue weighted by Crippen LogP contribution is 2.29. The van der Waals surface area contributed by atoms with Crippen molar-refractivity contribution in [2.75, 3.05) is 6.54 Å². The molecule has 1 N–H and O–H groups in total. The predicted molar refractivity (Wildman–Crippen MR) is 113 cm³/mol. The van der Waals surface area contributed by atoms with Crippen molar-refractivity contribution in [1.29, 1.82) is 0 Å². The van der Waals surface area contributed by atoms with Crippen molar-refractivity contribution in [3.63, 3.8) is 0 Å². The third kappa shape index (κ3) is 3.31. The molecular weight excluding hydrogens is 368 g/mol. The maximum Gasteiger partial charge on any atom is 0.256 e. The number of carbonyl (C=O) groups excluding carboxylic acids is 1. The lowest BCUT2D eigenvalue weighted by Gasteiger charge is -2.15. The molecule has 0 aliphatic carbocycles. The second-order valence-corrected chi connectivity index (χ2v) is 7.33. The van der Waals surface area contributed by atoms with Crippen molar-refractivity contribution in [2.45, 2.75) is 26.3 Å². The number of benzene rings is 2. The lowest BCUT2D eigenvalue weighted by atomic mass is 10.0. The highest BCUT2D eigenvalue weighted by molar-refractivity contribution is 7.80. The van der Waals surface area contributed by atoms with Gasteiger partial charge in [-0.05, 0) is 50.2 Å². The summed E-state index contributed by atoms with van der Waals surface area (Å²) >= 11 is 5.46. The number of hydrogen-bond acceptors (Lipinski definition) is 3. The summed E-state index contributed by atoms with van der Waals surface area (Å²) < 4.78 is 1.88. The highest BCUT2D eigenvalue weighted by atomic mass is 32.1. The van der Waals surface area contributed by atoms with Crippen LogP contribution in [0.5, 0.6) is 0 Å². The van der Waals surface area contributed by atoms with E-state index < -0.39 is 6.04 Å². The maximum atomic E-state index is 13.1. The van der Waals surface area contributed by atoms with Gasteiger partial charge in [-0.2, -0.15) is 5.10 Å². The van der Waals surface area contributed by atoms with Crippen LogP contribution in [0.3, 0.4) is 0 Å². The predicted octanol–water partition coefficient (Wildman–Crippen LogP) is 3.49. The molecule has 2 aromatic carbocycles. The Morgan fingerprint density at radius 3 is 2.36 bits per heavy atom. The summed E-state index contributed by atoms with van der Waals surface area (Å²) in [6.45, 7) is 4.50. The number of amides is 1. The molecule has 0 spiro atoms. The number of nitrogens with one attached hydrogen (secondary N) is 1. The van der Waals surface area contributed by atoms with Gasteiger partial charge in [-0.25, -0.2) is 4.68 Å². The van der Waals surface area contributed by atoms with Gasteiger partial charge in [0.25, 0.3) is 5.91 Å². The molecule has 3 aromatic rings. The summed E-state index contributed by atoms with van der Waals surface area (Å²) in [5.74, 6) is -0.0141. The third-order valence-corrected chi connectivity index (χ3v) is 5.47. The smallest absolute Gasteiger partial charge is 0.256 e. The van der Waals surface area contributed by atoms with Gasteiger partial charge < -0.3 is 5.32 Å². The molecule has 4 rings (SSSR count). The van der Waals surface area contributed by atoms with E-state index in [1.54, 1.807) is 4.90 Å². The van der Waals surface area contributed by atoms with Gasteiger partial charge in [0.1, 0.15) is 6.04 Å². The lowest BCUT2D eigenvalue weighted by Crippen LogP contribution is -2.32. The minimum absolute atomic E-state index is 0.0141. The Balaban J connectivity index is 1.58. The van der Waals surface area contributed by atoms with E-state index in [2.05, 4.69) is 22.5 Å². The van der Waals surface area contributed by atoms with Crippen LogP contribution in [0.25, 0.3) is 5.69 Å². The van der Waals surface area contributed by atoms with Crippen LogP contribution in [0.15, 0.2) is 60.7 Å². The zero-order valence-corrected chi connectivity index (χ0v) is 16.7. The van der Waals surface area contributed by atoms with E-state index in [1.807, 2.05) is 67.1 Å². The molecule has 0 unspecified atom stereocenters. The summed E-state index contributed by atoms with van der Waals surface area (Å²) in [6, 6.07) is 19.6. The molecule has 2 heterocycles. The number of rotatable bonds is 5. The second kappa shape index (κ2) is 7.56. The molecule has 1 atom stereocenters. The van der Waals surface area contributed by atoms with Gasteiger partial charge in [-0.15, -0.1) is 0 Å². The number of aromatic nitrogens is 2. The van der Waals surface area contributed by atoms with E-state index in [1.165, 1.54) is 5.56 Å². The minimum atomic E-state index is -0.485. The molecule has 0 radical (unpaired) electrons. The van der Waals surface area contributed by atoms with Crippen LogP contribution >= 0.6 is 12.2 Å². The fourth-order valence-electron chi connectivity index (χ4n) is 3.71. The molecule has 5 nitrogen and oxygen atoms in total. The second-order valence-electron chi connectivity index (χ2n) is 6.94. The van der Waals surface area contributed by atoms with E-state index in [4.69, 9.17) is 12.2 Å². The van der Waals surface area contributed by atoms with E-state index in [0.29, 0.717) is 11.7 Å². The van der Waals surface area contributed by atoms with Crippen LogP contribution in [0.4, 0.5) is 0 Å². The van der Waals surface area contributed by atoms with Crippen LogP contribution in [-0.4, -0.2) is 32.2 Å². The normalized spacial score (nSPS) is 16.5. The standard InChI is InChI=1S/C22H22N4OS/c1-15-19(16(2)26(24-15)18-11-7-4-8-12-18)20-21(27)25(22(28)23-20)14-13-17-9-5-3-6-10-17/h3-12,20H,13-14H2,1-2H3,(H,23,28)/t20-/m1/s1. The molecule has 1 saturated heterocycles. The van der Waals surface area contributed by atoms with E-state index >= 15 is 0 Å². The van der Waals surface area contributed by atoms with Gasteiger partial charge in [-0.3, -0.25) is 9.69 Å². The SMILES string of the molecule is Cc1nn(-c2ccccc2)c(C)c1[C@H]1NC(=S)N(CCc2ccccc2)C1=O. The first kappa shape index (κ1) is 18.4. The molecule has 1 aliphatic heterocycles. The fourth-order valence-corrected chi connectivity index (χ4v) is 4.00. The quantitative estimate of drug-likeness (QED) is 0.678. The molecular formula is C22H22N4OS. The Hall–Kier alpha value is -2.99. The molecule has 6 heteroatoms. The zero-order valence-electron chi connectivity index (χ0n) is 15.9. The Labute approximate surface area is 170 Å². The average Bonchev–Trinajstić information content (AvgIpc) is 3.16. The Bertz CT molecular complexity index is 1010. The molecule has 142 valence electrons. The van der Waals surface area contributed by atoms with Crippen LogP contribution in [0, 0.1) is 13.8 Å². The van der Waals surface area contributed by atoms with Crippen molar-refractivity contribution < 1.29 is 4.79 Å². The van der Waals surface area contributed by atoms with Gasteiger partial charge in [0.05, 0.1) is 11.4 Å². The largest absolute Gasteiger partial charge is 0.347 e. The molecule has 1 aromatic heterocycles. The first-order chi connectivity index (χ1) is 13.6. The van der Waals surface area contributed by atoms with Crippen molar-refractivity contribution >= 4 is 23.2 Å². The molecule has 0 bridgehead atoms. The van der Waals surface area contributed by atoms with E-state index in [-0.39, 0.29) is 5.91 Å². The highest BCUT2D eigenvalue weighted by Gasteiger charge is 2.39. The van der Waals surface area contributed by atoms with Crippen molar-refractivity contribution in [3.05, 3.63) is 83.2 Å². The summed E-state index contributed by atoms with van der Waals surface area (Å²) in [4.78, 5) is 14.8. The molecule has 28 heavy (non-hydrogen) atoms. The van der Waals surface area contributed by atoms with Crippen LogP contribution in [-0.2, 0) is 11.2 Å².